The molecule has 1 aromatic heterocycles. The lowest BCUT2D eigenvalue weighted by Crippen LogP contribution is -2.45. The number of nitrogens with zero attached hydrogens (tertiary/aromatic N) is 2. The first-order chi connectivity index (χ1) is 8.20. The SMILES string of the molecule is C.N[C@H](C(=O)N1CCCC1)[C@@H](O)c1ccncc1. The molecule has 1 aromatic rings. The molecule has 0 aliphatic carbocycles. The van der Waals surface area contributed by atoms with E-state index in [9.17, 15) is 9.90 Å². The molecule has 1 aliphatic heterocycles. The number of carbonyl (C=O) groups excluding carboxylic acids is 1. The first kappa shape index (κ1) is 14.6. The minimum absolute atomic E-state index is 0. The molecule has 2 rings (SSSR count). The molecule has 18 heavy (non-hydrogen) atoms. The van der Waals surface area contributed by atoms with Crippen molar-refractivity contribution in [2.45, 2.75) is 32.4 Å². The number of carbonyl (C=O) groups is 1. The van der Waals surface area contributed by atoms with Gasteiger partial charge < -0.3 is 15.7 Å². The molecule has 0 saturated carbocycles. The molecule has 1 aliphatic rings. The van der Waals surface area contributed by atoms with Crippen LogP contribution < -0.4 is 5.73 Å². The highest BCUT2D eigenvalue weighted by Gasteiger charge is 2.29. The maximum absolute atomic E-state index is 12.0. The van der Waals surface area contributed by atoms with Crippen LogP contribution in [0.3, 0.4) is 0 Å². The van der Waals surface area contributed by atoms with Gasteiger partial charge in [-0.15, -0.1) is 0 Å². The van der Waals surface area contributed by atoms with Crippen molar-refractivity contribution in [3.63, 3.8) is 0 Å². The van der Waals surface area contributed by atoms with Crippen molar-refractivity contribution in [2.24, 2.45) is 5.73 Å². The zero-order valence-corrected chi connectivity index (χ0v) is 9.62. The fourth-order valence-electron chi connectivity index (χ4n) is 2.05. The van der Waals surface area contributed by atoms with Crippen molar-refractivity contribution in [3.05, 3.63) is 30.1 Å². The van der Waals surface area contributed by atoms with Gasteiger partial charge in [0.25, 0.3) is 0 Å². The van der Waals surface area contributed by atoms with Crippen LogP contribution in [0, 0.1) is 0 Å². The Bertz CT molecular complexity index is 377. The molecule has 5 nitrogen and oxygen atoms in total. The zero-order chi connectivity index (χ0) is 12.3. The maximum atomic E-state index is 12.0. The summed E-state index contributed by atoms with van der Waals surface area (Å²) in [4.78, 5) is 17.6. The summed E-state index contributed by atoms with van der Waals surface area (Å²) in [5.74, 6) is -0.174. The van der Waals surface area contributed by atoms with E-state index in [0.717, 1.165) is 25.9 Å². The molecule has 1 amide bonds. The van der Waals surface area contributed by atoms with Crippen molar-refractivity contribution >= 4 is 5.91 Å². The summed E-state index contributed by atoms with van der Waals surface area (Å²) in [5, 5.41) is 10.0. The van der Waals surface area contributed by atoms with Crippen molar-refractivity contribution in [1.29, 1.82) is 0 Å². The molecule has 0 spiro atoms. The van der Waals surface area contributed by atoms with Crippen LogP contribution in [-0.2, 0) is 4.79 Å². The Balaban J connectivity index is 0.00000162. The number of hydrogen-bond donors (Lipinski definition) is 2. The normalized spacial score (nSPS) is 18.0. The van der Waals surface area contributed by atoms with E-state index in [0.29, 0.717) is 5.56 Å². The Morgan fingerprint density at radius 3 is 2.44 bits per heavy atom. The molecule has 2 heterocycles. The summed E-state index contributed by atoms with van der Waals surface area (Å²) >= 11 is 0. The summed E-state index contributed by atoms with van der Waals surface area (Å²) in [6, 6.07) is 2.44. The third-order valence-corrected chi connectivity index (χ3v) is 3.09. The predicted molar refractivity (Wildman–Crippen MR) is 69.7 cm³/mol. The second-order valence-electron chi connectivity index (χ2n) is 4.28. The molecule has 1 fully saturated rings. The van der Waals surface area contributed by atoms with Gasteiger partial charge in [0.15, 0.2) is 0 Å². The molecule has 0 bridgehead atoms. The van der Waals surface area contributed by atoms with E-state index in [2.05, 4.69) is 4.98 Å². The number of pyridine rings is 1. The third kappa shape index (κ3) is 3.05. The average Bonchev–Trinajstić information content (AvgIpc) is 2.91. The number of aliphatic hydroxyl groups excluding tert-OH is 1. The topological polar surface area (TPSA) is 79.5 Å². The van der Waals surface area contributed by atoms with Crippen LogP contribution in [0.2, 0.25) is 0 Å². The Hall–Kier alpha value is -1.46. The zero-order valence-electron chi connectivity index (χ0n) is 9.62. The molecular formula is C13H21N3O2. The molecule has 0 aromatic carbocycles. The molecule has 1 saturated heterocycles. The highest BCUT2D eigenvalue weighted by molar-refractivity contribution is 5.82. The Morgan fingerprint density at radius 1 is 1.33 bits per heavy atom. The number of nitrogens with two attached hydrogens (primary N) is 1. The van der Waals surface area contributed by atoms with E-state index >= 15 is 0 Å². The molecule has 100 valence electrons. The van der Waals surface area contributed by atoms with E-state index in [-0.39, 0.29) is 13.3 Å². The Kier molecular flexibility index (Phi) is 5.25. The molecule has 0 unspecified atom stereocenters. The number of amides is 1. The molecular weight excluding hydrogens is 230 g/mol. The van der Waals surface area contributed by atoms with Crippen molar-refractivity contribution in [1.82, 2.24) is 9.88 Å². The fourth-order valence-corrected chi connectivity index (χ4v) is 2.05. The molecule has 2 atom stereocenters. The lowest BCUT2D eigenvalue weighted by Gasteiger charge is -2.23. The average molecular weight is 251 g/mol. The van der Waals surface area contributed by atoms with Gasteiger partial charge in [-0.25, -0.2) is 0 Å². The van der Waals surface area contributed by atoms with Crippen LogP contribution in [0.4, 0.5) is 0 Å². The lowest BCUT2D eigenvalue weighted by atomic mass is 10.0. The largest absolute Gasteiger partial charge is 0.386 e. The van der Waals surface area contributed by atoms with Crippen LogP contribution in [-0.4, -0.2) is 40.0 Å². The van der Waals surface area contributed by atoms with Crippen LogP contribution in [0.25, 0.3) is 0 Å². The smallest absolute Gasteiger partial charge is 0.242 e. The third-order valence-electron chi connectivity index (χ3n) is 3.09. The summed E-state index contributed by atoms with van der Waals surface area (Å²) in [5.41, 5.74) is 6.44. The van der Waals surface area contributed by atoms with Gasteiger partial charge >= 0.3 is 0 Å². The van der Waals surface area contributed by atoms with Gasteiger partial charge in [0, 0.05) is 25.5 Å². The van der Waals surface area contributed by atoms with Crippen LogP contribution >= 0.6 is 0 Å². The number of rotatable bonds is 3. The van der Waals surface area contributed by atoms with E-state index in [4.69, 9.17) is 5.73 Å². The Labute approximate surface area is 108 Å². The summed E-state index contributed by atoms with van der Waals surface area (Å²) in [6.45, 7) is 1.49. The highest BCUT2D eigenvalue weighted by Crippen LogP contribution is 2.18. The van der Waals surface area contributed by atoms with Gasteiger partial charge in [-0.1, -0.05) is 7.43 Å². The van der Waals surface area contributed by atoms with Gasteiger partial charge in [-0.05, 0) is 30.5 Å². The van der Waals surface area contributed by atoms with Crippen molar-refractivity contribution < 1.29 is 9.90 Å². The second kappa shape index (κ2) is 6.47. The minimum atomic E-state index is -0.967. The van der Waals surface area contributed by atoms with Crippen LogP contribution in [0.15, 0.2) is 24.5 Å². The van der Waals surface area contributed by atoms with Gasteiger partial charge in [-0.3, -0.25) is 9.78 Å². The summed E-state index contributed by atoms with van der Waals surface area (Å²) in [7, 11) is 0. The number of hydrogen-bond acceptors (Lipinski definition) is 4. The van der Waals surface area contributed by atoms with Gasteiger partial charge in [-0.2, -0.15) is 0 Å². The van der Waals surface area contributed by atoms with Gasteiger partial charge in [0.05, 0.1) is 0 Å². The number of aliphatic hydroxyl groups is 1. The van der Waals surface area contributed by atoms with E-state index in [1.807, 2.05) is 0 Å². The molecule has 0 radical (unpaired) electrons. The van der Waals surface area contributed by atoms with Crippen molar-refractivity contribution in [3.8, 4) is 0 Å². The minimum Gasteiger partial charge on any atom is -0.386 e. The lowest BCUT2D eigenvalue weighted by molar-refractivity contribution is -0.134. The van der Waals surface area contributed by atoms with Gasteiger partial charge in [0.2, 0.25) is 5.91 Å². The van der Waals surface area contributed by atoms with E-state index in [1.165, 1.54) is 0 Å². The van der Waals surface area contributed by atoms with Crippen LogP contribution in [0.5, 0.6) is 0 Å². The fraction of sp³-hybridized carbons (Fsp3) is 0.538. The monoisotopic (exact) mass is 251 g/mol. The summed E-state index contributed by atoms with van der Waals surface area (Å²) in [6.07, 6.45) is 4.22. The second-order valence-corrected chi connectivity index (χ2v) is 4.28. The van der Waals surface area contributed by atoms with Crippen molar-refractivity contribution in [2.75, 3.05) is 13.1 Å². The quantitative estimate of drug-likeness (QED) is 0.829. The standard InChI is InChI=1S/C12H17N3O2.CH4/c13-10(12(17)15-7-1-2-8-15)11(16)9-3-5-14-6-4-9;/h3-6,10-11,16H,1-2,7-8,13H2;1H4/t10-,11-;/m0./s1. The molecule has 3 N–H and O–H groups in total. The van der Waals surface area contributed by atoms with Gasteiger partial charge in [0.1, 0.15) is 12.1 Å². The summed E-state index contributed by atoms with van der Waals surface area (Å²) < 4.78 is 0. The maximum Gasteiger partial charge on any atom is 0.242 e. The first-order valence-corrected chi connectivity index (χ1v) is 5.82. The van der Waals surface area contributed by atoms with E-state index in [1.54, 1.807) is 29.4 Å². The first-order valence-electron chi connectivity index (χ1n) is 5.82. The predicted octanol–water partition coefficient (Wildman–Crippen LogP) is 0.701. The number of likely N-dealkylation sites (tertiary alicyclic amines) is 1. The van der Waals surface area contributed by atoms with E-state index < -0.39 is 12.1 Å². The van der Waals surface area contributed by atoms with Crippen LogP contribution in [0.1, 0.15) is 31.9 Å². The Morgan fingerprint density at radius 2 is 1.89 bits per heavy atom. The number of aromatic nitrogens is 1. The molecule has 5 heteroatoms. The highest BCUT2D eigenvalue weighted by atomic mass is 16.3.